The molecule has 166 valence electrons. The van der Waals surface area contributed by atoms with Crippen LogP contribution in [0.25, 0.3) is 49.7 Å². The highest BCUT2D eigenvalue weighted by Crippen LogP contribution is 2.39. The molecule has 0 atom stereocenters. The van der Waals surface area contributed by atoms with Gasteiger partial charge in [0.25, 0.3) is 0 Å². The Labute approximate surface area is 201 Å². The molecule has 0 aliphatic heterocycles. The molecule has 0 radical (unpaired) electrons. The summed E-state index contributed by atoms with van der Waals surface area (Å²) in [5.41, 5.74) is 2.49. The summed E-state index contributed by atoms with van der Waals surface area (Å²) in [6.45, 7) is 0. The van der Waals surface area contributed by atoms with Crippen LogP contribution in [0.3, 0.4) is 0 Å². The Bertz CT molecular complexity index is 1680. The van der Waals surface area contributed by atoms with Crippen LogP contribution in [-0.4, -0.2) is 9.55 Å². The van der Waals surface area contributed by atoms with Gasteiger partial charge >= 0.3 is 6.18 Å². The molecule has 0 N–H and O–H groups in total. The summed E-state index contributed by atoms with van der Waals surface area (Å²) < 4.78 is 42.7. The molecular formula is C28H16BrF3N2. The lowest BCUT2D eigenvalue weighted by Crippen LogP contribution is -2.05. The van der Waals surface area contributed by atoms with Gasteiger partial charge in [0.05, 0.1) is 16.6 Å². The van der Waals surface area contributed by atoms with E-state index in [-0.39, 0.29) is 0 Å². The lowest BCUT2D eigenvalue weighted by atomic mass is 10.00. The van der Waals surface area contributed by atoms with E-state index in [1.807, 2.05) is 65.2 Å². The van der Waals surface area contributed by atoms with Crippen molar-refractivity contribution in [2.45, 2.75) is 6.18 Å². The van der Waals surface area contributed by atoms with Crippen LogP contribution in [0.15, 0.2) is 102 Å². The van der Waals surface area contributed by atoms with E-state index in [1.54, 1.807) is 0 Å². The summed E-state index contributed by atoms with van der Waals surface area (Å²) in [6.07, 6.45) is -4.40. The van der Waals surface area contributed by atoms with Crippen LogP contribution in [0.4, 0.5) is 13.2 Å². The Morgan fingerprint density at radius 1 is 0.647 bits per heavy atom. The predicted molar refractivity (Wildman–Crippen MR) is 134 cm³/mol. The summed E-state index contributed by atoms with van der Waals surface area (Å²) in [5, 5.41) is 4.15. The number of rotatable bonds is 2. The minimum Gasteiger partial charge on any atom is -0.292 e. The number of benzene rings is 5. The highest BCUT2D eigenvalue weighted by molar-refractivity contribution is 9.10. The SMILES string of the molecule is FC(F)(F)c1ccc(-n2c(-c3ccc(Br)cc3)nc3c4ccccc4c4ccccc4c32)cc1. The van der Waals surface area contributed by atoms with E-state index in [0.717, 1.165) is 54.7 Å². The largest absolute Gasteiger partial charge is 0.416 e. The first kappa shape index (κ1) is 20.9. The van der Waals surface area contributed by atoms with Crippen LogP contribution < -0.4 is 0 Å². The van der Waals surface area contributed by atoms with Crippen molar-refractivity contribution in [3.8, 4) is 17.1 Å². The van der Waals surface area contributed by atoms with Crippen molar-refractivity contribution in [2.24, 2.45) is 0 Å². The Hall–Kier alpha value is -3.64. The van der Waals surface area contributed by atoms with Gasteiger partial charge in [0.1, 0.15) is 5.82 Å². The fraction of sp³-hybridized carbons (Fsp3) is 0.0357. The molecule has 34 heavy (non-hydrogen) atoms. The van der Waals surface area contributed by atoms with E-state index in [1.165, 1.54) is 12.1 Å². The minimum absolute atomic E-state index is 0.619. The zero-order valence-corrected chi connectivity index (χ0v) is 19.2. The van der Waals surface area contributed by atoms with Crippen molar-refractivity contribution < 1.29 is 13.2 Å². The molecule has 0 unspecified atom stereocenters. The molecular weight excluding hydrogens is 501 g/mol. The molecule has 6 rings (SSSR count). The van der Waals surface area contributed by atoms with Gasteiger partial charge in [0.2, 0.25) is 0 Å². The highest BCUT2D eigenvalue weighted by atomic mass is 79.9. The van der Waals surface area contributed by atoms with Crippen LogP contribution in [0.5, 0.6) is 0 Å². The Kier molecular flexibility index (Phi) is 4.74. The first-order chi connectivity index (χ1) is 16.4. The summed E-state index contributed by atoms with van der Waals surface area (Å²) in [6, 6.07) is 29.2. The lowest BCUT2D eigenvalue weighted by Gasteiger charge is -2.14. The fourth-order valence-electron chi connectivity index (χ4n) is 4.55. The fourth-order valence-corrected chi connectivity index (χ4v) is 4.81. The van der Waals surface area contributed by atoms with Gasteiger partial charge in [-0.2, -0.15) is 13.2 Å². The molecule has 2 nitrogen and oxygen atoms in total. The molecule has 0 aliphatic carbocycles. The van der Waals surface area contributed by atoms with Crippen molar-refractivity contribution >= 4 is 48.5 Å². The normalized spacial score (nSPS) is 12.1. The zero-order chi connectivity index (χ0) is 23.4. The Morgan fingerprint density at radius 2 is 1.21 bits per heavy atom. The topological polar surface area (TPSA) is 17.8 Å². The number of aromatic nitrogens is 2. The van der Waals surface area contributed by atoms with E-state index in [9.17, 15) is 13.2 Å². The third kappa shape index (κ3) is 3.29. The Morgan fingerprint density at radius 3 is 1.82 bits per heavy atom. The molecule has 6 heteroatoms. The van der Waals surface area contributed by atoms with Gasteiger partial charge < -0.3 is 0 Å². The summed E-state index contributed by atoms with van der Waals surface area (Å²) in [5.74, 6) is 0.670. The second-order valence-electron chi connectivity index (χ2n) is 8.11. The van der Waals surface area contributed by atoms with E-state index in [4.69, 9.17) is 4.98 Å². The van der Waals surface area contributed by atoms with E-state index >= 15 is 0 Å². The van der Waals surface area contributed by atoms with Gasteiger partial charge in [-0.25, -0.2) is 4.98 Å². The number of nitrogens with zero attached hydrogens (tertiary/aromatic N) is 2. The minimum atomic E-state index is -4.40. The van der Waals surface area contributed by atoms with Gasteiger partial charge in [0, 0.05) is 26.5 Å². The summed E-state index contributed by atoms with van der Waals surface area (Å²) in [4.78, 5) is 5.06. The van der Waals surface area contributed by atoms with Crippen molar-refractivity contribution in [1.82, 2.24) is 9.55 Å². The number of hydrogen-bond donors (Lipinski definition) is 0. The monoisotopic (exact) mass is 516 g/mol. The average molecular weight is 517 g/mol. The molecule has 0 amide bonds. The van der Waals surface area contributed by atoms with Crippen LogP contribution >= 0.6 is 15.9 Å². The van der Waals surface area contributed by atoms with Crippen LogP contribution in [0, 0.1) is 0 Å². The van der Waals surface area contributed by atoms with Gasteiger partial charge in [0.15, 0.2) is 0 Å². The van der Waals surface area contributed by atoms with Crippen molar-refractivity contribution in [3.63, 3.8) is 0 Å². The van der Waals surface area contributed by atoms with Crippen molar-refractivity contribution in [2.75, 3.05) is 0 Å². The molecule has 0 bridgehead atoms. The molecule has 6 aromatic rings. The van der Waals surface area contributed by atoms with Crippen LogP contribution in [-0.2, 0) is 6.18 Å². The van der Waals surface area contributed by atoms with Crippen molar-refractivity contribution in [3.05, 3.63) is 107 Å². The maximum atomic E-state index is 13.3. The molecule has 0 spiro atoms. The molecule has 1 aromatic heterocycles. The van der Waals surface area contributed by atoms with E-state index in [0.29, 0.717) is 11.5 Å². The van der Waals surface area contributed by atoms with E-state index in [2.05, 4.69) is 28.1 Å². The number of imidazole rings is 1. The van der Waals surface area contributed by atoms with Gasteiger partial charge in [-0.3, -0.25) is 4.57 Å². The van der Waals surface area contributed by atoms with Crippen LogP contribution in [0.1, 0.15) is 5.56 Å². The lowest BCUT2D eigenvalue weighted by molar-refractivity contribution is -0.137. The summed E-state index contributed by atoms with van der Waals surface area (Å²) >= 11 is 3.47. The Balaban J connectivity index is 1.77. The maximum Gasteiger partial charge on any atom is 0.416 e. The third-order valence-electron chi connectivity index (χ3n) is 6.09. The second-order valence-corrected chi connectivity index (χ2v) is 9.03. The predicted octanol–water partition coefficient (Wildman–Crippen LogP) is 8.78. The molecule has 0 fully saturated rings. The number of alkyl halides is 3. The van der Waals surface area contributed by atoms with Crippen LogP contribution in [0.2, 0.25) is 0 Å². The second kappa shape index (κ2) is 7.71. The first-order valence-electron chi connectivity index (χ1n) is 10.7. The van der Waals surface area contributed by atoms with Crippen molar-refractivity contribution in [1.29, 1.82) is 0 Å². The molecule has 0 saturated heterocycles. The number of fused-ring (bicyclic) bond motifs is 6. The molecule has 0 aliphatic rings. The maximum absolute atomic E-state index is 13.3. The third-order valence-corrected chi connectivity index (χ3v) is 6.62. The molecule has 0 saturated carbocycles. The van der Waals surface area contributed by atoms with Gasteiger partial charge in [-0.15, -0.1) is 0 Å². The van der Waals surface area contributed by atoms with E-state index < -0.39 is 11.7 Å². The smallest absolute Gasteiger partial charge is 0.292 e. The first-order valence-corrected chi connectivity index (χ1v) is 11.5. The van der Waals surface area contributed by atoms with Gasteiger partial charge in [-0.05, 0) is 47.2 Å². The molecule has 5 aromatic carbocycles. The highest BCUT2D eigenvalue weighted by Gasteiger charge is 2.30. The quantitative estimate of drug-likeness (QED) is 0.210. The number of halogens is 4. The number of hydrogen-bond acceptors (Lipinski definition) is 1. The average Bonchev–Trinajstić information content (AvgIpc) is 3.25. The van der Waals surface area contributed by atoms with Gasteiger partial charge in [-0.1, -0.05) is 76.6 Å². The molecule has 1 heterocycles. The summed E-state index contributed by atoms with van der Waals surface area (Å²) in [7, 11) is 0. The standard InChI is InChI=1S/C28H16BrF3N2/c29-19-13-9-17(10-14-19)27-33-25-23-7-3-1-5-21(23)22-6-2-4-8-24(22)26(25)34(27)20-15-11-18(12-16-20)28(30,31)32/h1-16H. The zero-order valence-electron chi connectivity index (χ0n) is 17.6.